The minimum atomic E-state index is 0.579. The third-order valence-corrected chi connectivity index (χ3v) is 2.90. The molecule has 0 bridgehead atoms. The summed E-state index contributed by atoms with van der Waals surface area (Å²) in [5.74, 6) is 7.54. The van der Waals surface area contributed by atoms with E-state index in [0.29, 0.717) is 12.4 Å². The number of nitrogens with two attached hydrogens (primary N) is 1. The van der Waals surface area contributed by atoms with Crippen LogP contribution in [0.15, 0.2) is 30.3 Å². The Labute approximate surface area is 124 Å². The molecule has 4 N–H and O–H groups in total. The van der Waals surface area contributed by atoms with Gasteiger partial charge in [0.15, 0.2) is 0 Å². The number of nitrogen functional groups attached to an aromatic ring is 1. The summed E-state index contributed by atoms with van der Waals surface area (Å²) in [4.78, 5) is 8.82. The van der Waals surface area contributed by atoms with Gasteiger partial charge in [0.25, 0.3) is 0 Å². The molecule has 112 valence electrons. The van der Waals surface area contributed by atoms with Crippen molar-refractivity contribution in [3.8, 4) is 0 Å². The topological polar surface area (TPSA) is 85.1 Å². The molecule has 0 atom stereocenters. The molecular weight excluding hydrogens is 266 g/mol. The van der Waals surface area contributed by atoms with Crippen LogP contribution in [0.4, 0.5) is 17.3 Å². The third kappa shape index (κ3) is 4.40. The Hall–Kier alpha value is -2.18. The van der Waals surface area contributed by atoms with Gasteiger partial charge in [-0.3, -0.25) is 0 Å². The monoisotopic (exact) mass is 287 g/mol. The standard InChI is InChI=1S/C15H21N5O/c1-3-5-13-18-14(9-15(19-13)20-16)17-12-7-4-6-11(8-12)10-21-2/h4,6-9H,3,5,10,16H2,1-2H3,(H2,17,18,19,20). The highest BCUT2D eigenvalue weighted by atomic mass is 16.5. The van der Waals surface area contributed by atoms with Gasteiger partial charge in [0, 0.05) is 25.3 Å². The Kier molecular flexibility index (Phi) is 5.48. The number of aryl methyl sites for hydroxylation is 1. The van der Waals surface area contributed by atoms with Gasteiger partial charge >= 0.3 is 0 Å². The number of benzene rings is 1. The van der Waals surface area contributed by atoms with Crippen LogP contribution in [0.2, 0.25) is 0 Å². The van der Waals surface area contributed by atoms with Crippen molar-refractivity contribution in [3.05, 3.63) is 41.7 Å². The number of hydrazine groups is 1. The number of ether oxygens (including phenoxy) is 1. The molecule has 2 aromatic rings. The Balaban J connectivity index is 2.21. The van der Waals surface area contributed by atoms with Gasteiger partial charge in [-0.1, -0.05) is 19.1 Å². The fourth-order valence-corrected chi connectivity index (χ4v) is 2.02. The second-order valence-corrected chi connectivity index (χ2v) is 4.71. The van der Waals surface area contributed by atoms with E-state index in [4.69, 9.17) is 10.6 Å². The largest absolute Gasteiger partial charge is 0.380 e. The van der Waals surface area contributed by atoms with Crippen LogP contribution >= 0.6 is 0 Å². The number of rotatable bonds is 7. The smallest absolute Gasteiger partial charge is 0.145 e. The zero-order valence-corrected chi connectivity index (χ0v) is 12.4. The lowest BCUT2D eigenvalue weighted by molar-refractivity contribution is 0.185. The van der Waals surface area contributed by atoms with Crippen molar-refractivity contribution in [1.82, 2.24) is 9.97 Å². The van der Waals surface area contributed by atoms with Gasteiger partial charge in [-0.2, -0.15) is 0 Å². The average Bonchev–Trinajstić information content (AvgIpc) is 2.48. The van der Waals surface area contributed by atoms with Crippen LogP contribution in [0.25, 0.3) is 0 Å². The molecule has 6 nitrogen and oxygen atoms in total. The van der Waals surface area contributed by atoms with Crippen LogP contribution in [0, 0.1) is 0 Å². The molecule has 0 aliphatic heterocycles. The zero-order chi connectivity index (χ0) is 15.1. The van der Waals surface area contributed by atoms with Gasteiger partial charge < -0.3 is 15.5 Å². The van der Waals surface area contributed by atoms with Crippen LogP contribution in [-0.4, -0.2) is 17.1 Å². The Morgan fingerprint density at radius 3 is 2.71 bits per heavy atom. The molecular formula is C15H21N5O. The molecule has 0 aliphatic carbocycles. The summed E-state index contributed by atoms with van der Waals surface area (Å²) in [6.45, 7) is 2.67. The highest BCUT2D eigenvalue weighted by Crippen LogP contribution is 2.19. The molecule has 1 heterocycles. The van der Waals surface area contributed by atoms with Gasteiger partial charge in [0.05, 0.1) is 6.61 Å². The molecule has 0 saturated heterocycles. The van der Waals surface area contributed by atoms with Crippen molar-refractivity contribution >= 4 is 17.3 Å². The first-order chi connectivity index (χ1) is 10.2. The summed E-state index contributed by atoms with van der Waals surface area (Å²) in [5, 5.41) is 3.27. The number of methoxy groups -OCH3 is 1. The summed E-state index contributed by atoms with van der Waals surface area (Å²) in [6, 6.07) is 9.79. The van der Waals surface area contributed by atoms with Crippen molar-refractivity contribution in [2.45, 2.75) is 26.4 Å². The zero-order valence-electron chi connectivity index (χ0n) is 12.4. The lowest BCUT2D eigenvalue weighted by atomic mass is 10.2. The van der Waals surface area contributed by atoms with Crippen molar-refractivity contribution < 1.29 is 4.74 Å². The number of hydrogen-bond acceptors (Lipinski definition) is 6. The second-order valence-electron chi connectivity index (χ2n) is 4.71. The molecule has 0 aliphatic rings. The first-order valence-electron chi connectivity index (χ1n) is 6.94. The summed E-state index contributed by atoms with van der Waals surface area (Å²) < 4.78 is 5.14. The fourth-order valence-electron chi connectivity index (χ4n) is 2.02. The lowest BCUT2D eigenvalue weighted by Crippen LogP contribution is -2.11. The number of aromatic nitrogens is 2. The first-order valence-corrected chi connectivity index (χ1v) is 6.94. The number of nitrogens with one attached hydrogen (secondary N) is 2. The van der Waals surface area contributed by atoms with Crippen molar-refractivity contribution in [3.63, 3.8) is 0 Å². The Morgan fingerprint density at radius 1 is 1.19 bits per heavy atom. The van der Waals surface area contributed by atoms with Gasteiger partial charge in [-0.25, -0.2) is 15.8 Å². The second kappa shape index (κ2) is 7.56. The summed E-state index contributed by atoms with van der Waals surface area (Å²) in [7, 11) is 1.68. The van der Waals surface area contributed by atoms with Crippen LogP contribution in [0.3, 0.4) is 0 Å². The molecule has 1 aromatic carbocycles. The van der Waals surface area contributed by atoms with E-state index in [1.807, 2.05) is 24.3 Å². The SMILES string of the molecule is CCCc1nc(NN)cc(Nc2cccc(COC)c2)n1. The maximum Gasteiger partial charge on any atom is 0.145 e. The van der Waals surface area contributed by atoms with Crippen LogP contribution in [0.5, 0.6) is 0 Å². The average molecular weight is 287 g/mol. The van der Waals surface area contributed by atoms with E-state index in [1.165, 1.54) is 0 Å². The van der Waals surface area contributed by atoms with Crippen LogP contribution < -0.4 is 16.6 Å². The number of anilines is 3. The van der Waals surface area contributed by atoms with Gasteiger partial charge in [0.1, 0.15) is 17.5 Å². The van der Waals surface area contributed by atoms with Crippen LogP contribution in [-0.2, 0) is 17.8 Å². The van der Waals surface area contributed by atoms with E-state index in [-0.39, 0.29) is 0 Å². The highest BCUT2D eigenvalue weighted by molar-refractivity contribution is 5.59. The minimum Gasteiger partial charge on any atom is -0.380 e. The van der Waals surface area contributed by atoms with Crippen molar-refractivity contribution in [2.24, 2.45) is 5.84 Å². The predicted molar refractivity (Wildman–Crippen MR) is 84.3 cm³/mol. The minimum absolute atomic E-state index is 0.579. The maximum atomic E-state index is 5.46. The van der Waals surface area contributed by atoms with E-state index in [2.05, 4.69) is 27.6 Å². The number of hydrogen-bond donors (Lipinski definition) is 3. The van der Waals surface area contributed by atoms with E-state index in [9.17, 15) is 0 Å². The maximum absolute atomic E-state index is 5.46. The Morgan fingerprint density at radius 2 is 2.00 bits per heavy atom. The van der Waals surface area contributed by atoms with Gasteiger partial charge in [-0.15, -0.1) is 0 Å². The molecule has 0 amide bonds. The van der Waals surface area contributed by atoms with Crippen molar-refractivity contribution in [2.75, 3.05) is 17.9 Å². The molecule has 6 heteroatoms. The summed E-state index contributed by atoms with van der Waals surface area (Å²) in [5.41, 5.74) is 4.62. The highest BCUT2D eigenvalue weighted by Gasteiger charge is 2.04. The third-order valence-electron chi connectivity index (χ3n) is 2.90. The van der Waals surface area contributed by atoms with Gasteiger partial charge in [0.2, 0.25) is 0 Å². The van der Waals surface area contributed by atoms with Crippen molar-refractivity contribution in [1.29, 1.82) is 0 Å². The van der Waals surface area contributed by atoms with E-state index >= 15 is 0 Å². The van der Waals surface area contributed by atoms with E-state index in [0.717, 1.165) is 35.7 Å². The quantitative estimate of drug-likeness (QED) is 0.536. The normalized spacial score (nSPS) is 10.4. The van der Waals surface area contributed by atoms with Crippen LogP contribution in [0.1, 0.15) is 24.7 Å². The molecule has 0 spiro atoms. The van der Waals surface area contributed by atoms with Gasteiger partial charge in [-0.05, 0) is 24.1 Å². The molecule has 0 saturated carbocycles. The molecule has 0 radical (unpaired) electrons. The Bertz CT molecular complexity index is 588. The molecule has 21 heavy (non-hydrogen) atoms. The molecule has 0 fully saturated rings. The number of nitrogens with zero attached hydrogens (tertiary/aromatic N) is 2. The summed E-state index contributed by atoms with van der Waals surface area (Å²) in [6.07, 6.45) is 1.80. The lowest BCUT2D eigenvalue weighted by Gasteiger charge is -2.10. The predicted octanol–water partition coefficient (Wildman–Crippen LogP) is 2.60. The van der Waals surface area contributed by atoms with E-state index < -0.39 is 0 Å². The first kappa shape index (κ1) is 15.2. The fraction of sp³-hybridized carbons (Fsp3) is 0.333. The molecule has 0 unspecified atom stereocenters. The summed E-state index contributed by atoms with van der Waals surface area (Å²) >= 11 is 0. The van der Waals surface area contributed by atoms with E-state index in [1.54, 1.807) is 13.2 Å². The molecule has 2 rings (SSSR count). The molecule has 1 aromatic heterocycles.